The molecule has 0 atom stereocenters. The van der Waals surface area contributed by atoms with E-state index in [1.54, 1.807) is 32.2 Å². The van der Waals surface area contributed by atoms with Crippen molar-refractivity contribution in [3.05, 3.63) is 76.0 Å². The number of aromatic nitrogens is 2. The Morgan fingerprint density at radius 2 is 1.81 bits per heavy atom. The Kier molecular flexibility index (Phi) is 6.09. The van der Waals surface area contributed by atoms with E-state index in [1.165, 1.54) is 34.9 Å². The Labute approximate surface area is 177 Å². The highest BCUT2D eigenvalue weighted by Crippen LogP contribution is 2.19. The van der Waals surface area contributed by atoms with Crippen LogP contribution in [-0.2, 0) is 19.6 Å². The second kappa shape index (κ2) is 8.58. The van der Waals surface area contributed by atoms with Gasteiger partial charge in [-0.25, -0.2) is 23.1 Å². The zero-order chi connectivity index (χ0) is 22.8. The molecule has 162 valence electrons. The number of hydrogen-bond acceptors (Lipinski definition) is 6. The van der Waals surface area contributed by atoms with E-state index in [1.807, 2.05) is 0 Å². The zero-order valence-corrected chi connectivity index (χ0v) is 17.5. The van der Waals surface area contributed by atoms with Crippen molar-refractivity contribution in [2.45, 2.75) is 18.7 Å². The molecule has 2 aromatic carbocycles. The van der Waals surface area contributed by atoms with Gasteiger partial charge in [-0.1, -0.05) is 6.07 Å². The summed E-state index contributed by atoms with van der Waals surface area (Å²) in [7, 11) is -3.94. The van der Waals surface area contributed by atoms with Crippen molar-refractivity contribution < 1.29 is 22.7 Å². The Morgan fingerprint density at radius 3 is 2.39 bits per heavy atom. The number of H-pyrrole nitrogens is 1. The molecule has 1 heterocycles. The normalized spacial score (nSPS) is 11.2. The van der Waals surface area contributed by atoms with Gasteiger partial charge in [0.05, 0.1) is 16.1 Å². The van der Waals surface area contributed by atoms with Crippen molar-refractivity contribution >= 4 is 27.6 Å². The Hall–Kier alpha value is -3.70. The topological polar surface area (TPSA) is 153 Å². The smallest absolute Gasteiger partial charge is 0.338 e. The van der Waals surface area contributed by atoms with Crippen molar-refractivity contribution in [1.82, 2.24) is 9.55 Å². The predicted octanol–water partition coefficient (Wildman–Crippen LogP) is 1.23. The molecule has 10 nitrogen and oxygen atoms in total. The molecule has 0 radical (unpaired) electrons. The molecule has 0 aliphatic heterocycles. The minimum absolute atomic E-state index is 0.112. The summed E-state index contributed by atoms with van der Waals surface area (Å²) >= 11 is 0. The number of nitrogens with zero attached hydrogens (tertiary/aromatic N) is 1. The van der Waals surface area contributed by atoms with Gasteiger partial charge < -0.3 is 15.0 Å². The van der Waals surface area contributed by atoms with Gasteiger partial charge in [-0.05, 0) is 55.8 Å². The minimum atomic E-state index is -3.94. The first-order chi connectivity index (χ1) is 14.6. The number of anilines is 1. The van der Waals surface area contributed by atoms with E-state index in [-0.39, 0.29) is 21.8 Å². The van der Waals surface area contributed by atoms with Gasteiger partial charge in [0, 0.05) is 17.6 Å². The molecule has 11 heteroatoms. The number of nitrogens with two attached hydrogens (primary N) is 1. The van der Waals surface area contributed by atoms with E-state index >= 15 is 0 Å². The van der Waals surface area contributed by atoms with Gasteiger partial charge in [0.15, 0.2) is 6.61 Å². The van der Waals surface area contributed by atoms with Gasteiger partial charge in [0.2, 0.25) is 10.0 Å². The average molecular weight is 444 g/mol. The summed E-state index contributed by atoms with van der Waals surface area (Å²) in [5.74, 6) is -1.38. The molecule has 0 saturated carbocycles. The van der Waals surface area contributed by atoms with E-state index in [0.717, 1.165) is 0 Å². The van der Waals surface area contributed by atoms with Crippen molar-refractivity contribution in [2.24, 2.45) is 5.14 Å². The standard InChI is InChI=1S/C20H20N4O6S/c1-12-3-6-15(9-17(12)31(21,28)29)23-18(25)11-30-19(26)14-4-7-16(8-5-14)24-13(2)10-22-20(24)27/h3-10H,11H2,1-2H3,(H,22,27)(H,23,25)(H2,21,28,29). The fraction of sp³-hybridized carbons (Fsp3) is 0.150. The van der Waals surface area contributed by atoms with Crippen LogP contribution in [0.4, 0.5) is 5.69 Å². The number of imidazole rings is 1. The SMILES string of the molecule is Cc1ccc(NC(=O)COC(=O)c2ccc(-n3c(C)c[nH]c3=O)cc2)cc1S(N)(=O)=O. The van der Waals surface area contributed by atoms with Crippen molar-refractivity contribution in [1.29, 1.82) is 0 Å². The quantitative estimate of drug-likeness (QED) is 0.486. The number of carbonyl (C=O) groups is 2. The number of benzene rings is 2. The van der Waals surface area contributed by atoms with Gasteiger partial charge in [0.1, 0.15) is 0 Å². The number of ether oxygens (including phenoxy) is 1. The average Bonchev–Trinajstić information content (AvgIpc) is 3.05. The van der Waals surface area contributed by atoms with E-state index in [4.69, 9.17) is 9.88 Å². The lowest BCUT2D eigenvalue weighted by Crippen LogP contribution is -2.21. The van der Waals surface area contributed by atoms with Crippen LogP contribution in [0.1, 0.15) is 21.6 Å². The molecule has 0 bridgehead atoms. The molecule has 3 rings (SSSR count). The fourth-order valence-electron chi connectivity index (χ4n) is 2.92. The molecule has 0 aliphatic rings. The molecular formula is C20H20N4O6S. The molecule has 0 aliphatic carbocycles. The Bertz CT molecular complexity index is 1310. The van der Waals surface area contributed by atoms with Crippen LogP contribution in [0.15, 0.2) is 58.4 Å². The first kappa shape index (κ1) is 22.0. The summed E-state index contributed by atoms with van der Waals surface area (Å²) in [6.45, 7) is 2.76. The van der Waals surface area contributed by atoms with E-state index in [9.17, 15) is 22.8 Å². The summed E-state index contributed by atoms with van der Waals surface area (Å²) < 4.78 is 29.6. The maximum atomic E-state index is 12.2. The van der Waals surface area contributed by atoms with Crippen LogP contribution in [-0.4, -0.2) is 36.5 Å². The largest absolute Gasteiger partial charge is 0.452 e. The summed E-state index contributed by atoms with van der Waals surface area (Å²) in [6.07, 6.45) is 1.57. The molecule has 4 N–H and O–H groups in total. The van der Waals surface area contributed by atoms with Gasteiger partial charge >= 0.3 is 11.7 Å². The van der Waals surface area contributed by atoms with Crippen LogP contribution in [0, 0.1) is 13.8 Å². The number of carbonyl (C=O) groups excluding carboxylic acids is 2. The highest BCUT2D eigenvalue weighted by atomic mass is 32.2. The molecule has 1 aromatic heterocycles. The zero-order valence-electron chi connectivity index (χ0n) is 16.7. The van der Waals surface area contributed by atoms with Crippen LogP contribution in [0.5, 0.6) is 0 Å². The maximum absolute atomic E-state index is 12.2. The number of aromatic amines is 1. The van der Waals surface area contributed by atoms with Crippen LogP contribution in [0.3, 0.4) is 0 Å². The molecule has 0 saturated heterocycles. The first-order valence-corrected chi connectivity index (χ1v) is 10.6. The fourth-order valence-corrected chi connectivity index (χ4v) is 3.73. The lowest BCUT2D eigenvalue weighted by atomic mass is 10.2. The van der Waals surface area contributed by atoms with Crippen molar-refractivity contribution in [3.63, 3.8) is 0 Å². The Balaban J connectivity index is 1.62. The third-order valence-electron chi connectivity index (χ3n) is 4.43. The summed E-state index contributed by atoms with van der Waals surface area (Å²) in [4.78, 5) is 38.5. The number of hydrogen-bond donors (Lipinski definition) is 3. The predicted molar refractivity (Wildman–Crippen MR) is 113 cm³/mol. The second-order valence-electron chi connectivity index (χ2n) is 6.77. The number of rotatable bonds is 6. The highest BCUT2D eigenvalue weighted by molar-refractivity contribution is 7.89. The maximum Gasteiger partial charge on any atom is 0.338 e. The number of nitrogens with one attached hydrogen (secondary N) is 2. The molecule has 0 spiro atoms. The van der Waals surface area contributed by atoms with E-state index < -0.39 is 28.5 Å². The minimum Gasteiger partial charge on any atom is -0.452 e. The third-order valence-corrected chi connectivity index (χ3v) is 5.49. The number of sulfonamides is 1. The lowest BCUT2D eigenvalue weighted by Gasteiger charge is -2.10. The number of amides is 1. The molecule has 1 amide bonds. The van der Waals surface area contributed by atoms with E-state index in [0.29, 0.717) is 16.9 Å². The van der Waals surface area contributed by atoms with Crippen LogP contribution >= 0.6 is 0 Å². The molecular weight excluding hydrogens is 424 g/mol. The van der Waals surface area contributed by atoms with Crippen molar-refractivity contribution in [3.8, 4) is 5.69 Å². The summed E-state index contributed by atoms with van der Waals surface area (Å²) in [5.41, 5.74) is 1.82. The monoisotopic (exact) mass is 444 g/mol. The van der Waals surface area contributed by atoms with Crippen LogP contribution < -0.4 is 16.1 Å². The summed E-state index contributed by atoms with van der Waals surface area (Å²) in [6, 6.07) is 10.4. The van der Waals surface area contributed by atoms with Crippen LogP contribution in [0.2, 0.25) is 0 Å². The second-order valence-corrected chi connectivity index (χ2v) is 8.30. The molecule has 31 heavy (non-hydrogen) atoms. The van der Waals surface area contributed by atoms with E-state index in [2.05, 4.69) is 10.3 Å². The number of esters is 1. The summed E-state index contributed by atoms with van der Waals surface area (Å²) in [5, 5.41) is 7.60. The Morgan fingerprint density at radius 1 is 1.13 bits per heavy atom. The lowest BCUT2D eigenvalue weighted by molar-refractivity contribution is -0.119. The molecule has 0 unspecified atom stereocenters. The molecule has 0 fully saturated rings. The number of aryl methyl sites for hydroxylation is 2. The van der Waals surface area contributed by atoms with Crippen molar-refractivity contribution in [2.75, 3.05) is 11.9 Å². The van der Waals surface area contributed by atoms with Gasteiger partial charge in [-0.3, -0.25) is 9.36 Å². The third kappa shape index (κ3) is 5.08. The molecule has 3 aromatic rings. The highest BCUT2D eigenvalue weighted by Gasteiger charge is 2.15. The first-order valence-electron chi connectivity index (χ1n) is 9.04. The van der Waals surface area contributed by atoms with Gasteiger partial charge in [-0.15, -0.1) is 0 Å². The number of primary sulfonamides is 1. The van der Waals surface area contributed by atoms with Gasteiger partial charge in [0.25, 0.3) is 5.91 Å². The van der Waals surface area contributed by atoms with Gasteiger partial charge in [-0.2, -0.15) is 0 Å². The van der Waals surface area contributed by atoms with Crippen LogP contribution in [0.25, 0.3) is 5.69 Å².